The lowest BCUT2D eigenvalue weighted by atomic mass is 10.1. The molecule has 154 valence electrons. The zero-order valence-corrected chi connectivity index (χ0v) is 17.2. The van der Waals surface area contributed by atoms with Crippen molar-refractivity contribution < 1.29 is 18.7 Å². The number of aldehydes is 1. The van der Waals surface area contributed by atoms with Gasteiger partial charge in [-0.25, -0.2) is 4.39 Å². The van der Waals surface area contributed by atoms with Crippen LogP contribution >= 0.6 is 11.3 Å². The molecule has 0 radical (unpaired) electrons. The predicted molar refractivity (Wildman–Crippen MR) is 115 cm³/mol. The van der Waals surface area contributed by atoms with E-state index in [0.29, 0.717) is 12.0 Å². The molecule has 0 saturated carbocycles. The Bertz CT molecular complexity index is 1140. The number of thiophene rings is 1. The average Bonchev–Trinajstić information content (AvgIpc) is 3.16. The molecule has 30 heavy (non-hydrogen) atoms. The van der Waals surface area contributed by atoms with Crippen molar-refractivity contribution >= 4 is 45.0 Å². The number of likely N-dealkylation sites (N-methyl/N-ethyl adjacent to an activating group) is 1. The smallest absolute Gasteiger partial charge is 0.231 e. The van der Waals surface area contributed by atoms with Gasteiger partial charge in [-0.15, -0.1) is 11.3 Å². The summed E-state index contributed by atoms with van der Waals surface area (Å²) in [6.07, 6.45) is 5.07. The highest BCUT2D eigenvalue weighted by Crippen LogP contribution is 2.39. The lowest BCUT2D eigenvalue weighted by molar-refractivity contribution is -0.119. The van der Waals surface area contributed by atoms with E-state index in [0.717, 1.165) is 34.6 Å². The molecule has 0 aliphatic carbocycles. The van der Waals surface area contributed by atoms with Crippen molar-refractivity contribution in [3.8, 4) is 11.5 Å². The van der Waals surface area contributed by atoms with E-state index in [9.17, 15) is 14.0 Å². The van der Waals surface area contributed by atoms with E-state index >= 15 is 0 Å². The molecule has 0 saturated heterocycles. The van der Waals surface area contributed by atoms with Crippen LogP contribution < -0.4 is 10.1 Å². The lowest BCUT2D eigenvalue weighted by Gasteiger charge is -2.21. The van der Waals surface area contributed by atoms with Crippen LogP contribution in [0, 0.1) is 5.82 Å². The van der Waals surface area contributed by atoms with Gasteiger partial charge >= 0.3 is 0 Å². The zero-order chi connectivity index (χ0) is 21.1. The molecule has 2 aromatic heterocycles. The summed E-state index contributed by atoms with van der Waals surface area (Å²) in [6.45, 7) is 1.93. The van der Waals surface area contributed by atoms with E-state index < -0.39 is 11.7 Å². The lowest BCUT2D eigenvalue weighted by Crippen LogP contribution is -2.23. The van der Waals surface area contributed by atoms with Gasteiger partial charge in [0, 0.05) is 42.0 Å². The van der Waals surface area contributed by atoms with Gasteiger partial charge in [0.15, 0.2) is 11.6 Å². The number of hydrogen-bond donors (Lipinski definition) is 1. The van der Waals surface area contributed by atoms with E-state index in [-0.39, 0.29) is 17.9 Å². The van der Waals surface area contributed by atoms with E-state index in [1.54, 1.807) is 23.6 Å². The van der Waals surface area contributed by atoms with Crippen LogP contribution in [0.4, 0.5) is 10.1 Å². The Balaban J connectivity index is 1.58. The Morgan fingerprint density at radius 2 is 2.20 bits per heavy atom. The molecule has 0 unspecified atom stereocenters. The SMILES string of the molecule is CN1CC=C(c2cc3nccc(Oc4ccc(NC(=O)CC=O)cc4F)c3s2)CC1. The first-order valence-electron chi connectivity index (χ1n) is 9.51. The first-order chi connectivity index (χ1) is 14.5. The number of aromatic nitrogens is 1. The van der Waals surface area contributed by atoms with Crippen LogP contribution in [0.3, 0.4) is 0 Å². The number of carbonyl (C=O) groups excluding carboxylic acids is 2. The minimum atomic E-state index is -0.612. The van der Waals surface area contributed by atoms with Crippen LogP contribution in [0.15, 0.2) is 42.6 Å². The molecule has 0 fully saturated rings. The number of nitrogens with one attached hydrogen (secondary N) is 1. The van der Waals surface area contributed by atoms with Gasteiger partial charge < -0.3 is 19.7 Å². The van der Waals surface area contributed by atoms with Crippen molar-refractivity contribution in [2.75, 3.05) is 25.5 Å². The van der Waals surface area contributed by atoms with Crippen molar-refractivity contribution in [3.05, 3.63) is 53.3 Å². The summed E-state index contributed by atoms with van der Waals surface area (Å²) in [5.74, 6) is -0.535. The Labute approximate surface area is 177 Å². The molecule has 1 aliphatic rings. The molecule has 0 atom stereocenters. The Hall–Kier alpha value is -3.10. The van der Waals surface area contributed by atoms with Gasteiger partial charge in [-0.1, -0.05) is 6.08 Å². The van der Waals surface area contributed by atoms with Gasteiger partial charge in [0.05, 0.1) is 16.6 Å². The molecule has 3 aromatic rings. The Morgan fingerprint density at radius 3 is 2.93 bits per heavy atom. The highest BCUT2D eigenvalue weighted by molar-refractivity contribution is 7.20. The van der Waals surface area contributed by atoms with E-state index in [4.69, 9.17) is 4.74 Å². The summed E-state index contributed by atoms with van der Waals surface area (Å²) in [6, 6.07) is 7.91. The molecule has 1 amide bonds. The average molecular weight is 425 g/mol. The third kappa shape index (κ3) is 4.39. The van der Waals surface area contributed by atoms with Crippen molar-refractivity contribution in [1.29, 1.82) is 0 Å². The van der Waals surface area contributed by atoms with Gasteiger partial charge in [-0.2, -0.15) is 0 Å². The Kier molecular flexibility index (Phi) is 5.87. The summed E-state index contributed by atoms with van der Waals surface area (Å²) in [7, 11) is 2.10. The monoisotopic (exact) mass is 425 g/mol. The number of benzene rings is 1. The second-order valence-corrected chi connectivity index (χ2v) is 8.09. The Morgan fingerprint density at radius 1 is 1.33 bits per heavy atom. The first-order valence-corrected chi connectivity index (χ1v) is 10.3. The molecule has 1 aromatic carbocycles. The van der Waals surface area contributed by atoms with Crippen LogP contribution in [0.2, 0.25) is 0 Å². The largest absolute Gasteiger partial charge is 0.453 e. The fraction of sp³-hybridized carbons (Fsp3) is 0.227. The zero-order valence-electron chi connectivity index (χ0n) is 16.4. The number of rotatable bonds is 6. The predicted octanol–water partition coefficient (Wildman–Crippen LogP) is 4.47. The standard InChI is InChI=1S/C22H20FN3O3S/c1-26-9-5-14(6-10-26)20-13-17-22(30-20)19(4-8-24-17)29-18-3-2-15(12-16(18)23)25-21(28)7-11-27/h2-5,8,11-13H,6-7,9-10H2,1H3,(H,25,28). The maximum absolute atomic E-state index is 14.5. The molecule has 1 aliphatic heterocycles. The third-order valence-corrected chi connectivity index (χ3v) is 6.02. The maximum Gasteiger partial charge on any atom is 0.231 e. The number of anilines is 1. The number of fused-ring (bicyclic) bond motifs is 1. The number of halogens is 1. The van der Waals surface area contributed by atoms with Crippen LogP contribution in [-0.4, -0.2) is 42.2 Å². The summed E-state index contributed by atoms with van der Waals surface area (Å²) >= 11 is 1.59. The summed E-state index contributed by atoms with van der Waals surface area (Å²) in [4.78, 5) is 29.7. The van der Waals surface area contributed by atoms with Crippen molar-refractivity contribution in [1.82, 2.24) is 9.88 Å². The van der Waals surface area contributed by atoms with Crippen LogP contribution in [0.1, 0.15) is 17.7 Å². The number of nitrogens with zero attached hydrogens (tertiary/aromatic N) is 2. The van der Waals surface area contributed by atoms with Crippen LogP contribution in [0.25, 0.3) is 15.8 Å². The molecule has 6 nitrogen and oxygen atoms in total. The van der Waals surface area contributed by atoms with Crippen molar-refractivity contribution in [3.63, 3.8) is 0 Å². The minimum absolute atomic E-state index is 0.0457. The van der Waals surface area contributed by atoms with Crippen LogP contribution in [-0.2, 0) is 9.59 Å². The number of hydrogen-bond acceptors (Lipinski definition) is 6. The molecular formula is C22H20FN3O3S. The molecule has 8 heteroatoms. The number of amides is 1. The molecule has 3 heterocycles. The maximum atomic E-state index is 14.5. The fourth-order valence-electron chi connectivity index (χ4n) is 3.22. The van der Waals surface area contributed by atoms with Crippen LogP contribution in [0.5, 0.6) is 11.5 Å². The van der Waals surface area contributed by atoms with E-state index in [2.05, 4.69) is 28.3 Å². The minimum Gasteiger partial charge on any atom is -0.453 e. The second kappa shape index (κ2) is 8.73. The topological polar surface area (TPSA) is 71.5 Å². The van der Waals surface area contributed by atoms with Gasteiger partial charge in [0.25, 0.3) is 0 Å². The quantitative estimate of drug-likeness (QED) is 0.466. The number of carbonyl (C=O) groups is 2. The third-order valence-electron chi connectivity index (χ3n) is 4.81. The van der Waals surface area contributed by atoms with Crippen molar-refractivity contribution in [2.45, 2.75) is 12.8 Å². The number of pyridine rings is 1. The molecular weight excluding hydrogens is 405 g/mol. The number of ether oxygens (including phenoxy) is 1. The van der Waals surface area contributed by atoms with E-state index in [1.807, 2.05) is 6.07 Å². The first kappa shape index (κ1) is 20.2. The van der Waals surface area contributed by atoms with Gasteiger partial charge in [0.2, 0.25) is 5.91 Å². The molecule has 0 bridgehead atoms. The highest BCUT2D eigenvalue weighted by Gasteiger charge is 2.16. The fourth-order valence-corrected chi connectivity index (χ4v) is 4.35. The highest BCUT2D eigenvalue weighted by atomic mass is 32.1. The van der Waals surface area contributed by atoms with Gasteiger partial charge in [-0.05, 0) is 37.2 Å². The molecule has 1 N–H and O–H groups in total. The van der Waals surface area contributed by atoms with E-state index in [1.165, 1.54) is 23.8 Å². The summed E-state index contributed by atoms with van der Waals surface area (Å²) < 4.78 is 21.2. The normalized spacial score (nSPS) is 14.4. The summed E-state index contributed by atoms with van der Waals surface area (Å²) in [5.41, 5.74) is 2.37. The van der Waals surface area contributed by atoms with Gasteiger partial charge in [0.1, 0.15) is 12.0 Å². The molecule has 4 rings (SSSR count). The molecule has 0 spiro atoms. The van der Waals surface area contributed by atoms with Gasteiger partial charge in [-0.3, -0.25) is 9.78 Å². The second-order valence-electron chi connectivity index (χ2n) is 7.04. The summed E-state index contributed by atoms with van der Waals surface area (Å²) in [5, 5.41) is 2.46. The van der Waals surface area contributed by atoms with Crippen molar-refractivity contribution in [2.24, 2.45) is 0 Å².